The molecule has 0 saturated heterocycles. The Morgan fingerprint density at radius 2 is 2.35 bits per heavy atom. The van der Waals surface area contributed by atoms with Gasteiger partial charge in [-0.05, 0) is 18.4 Å². The zero-order chi connectivity index (χ0) is 12.8. The fraction of sp³-hybridized carbons (Fsp3) is 0.500. The molecule has 0 spiro atoms. The topological polar surface area (TPSA) is 92.5 Å². The van der Waals surface area contributed by atoms with Crippen molar-refractivity contribution in [3.63, 3.8) is 0 Å². The first kappa shape index (κ1) is 13.6. The highest BCUT2D eigenvalue weighted by Crippen LogP contribution is 2.23. The van der Waals surface area contributed by atoms with E-state index < -0.39 is 4.92 Å². The minimum Gasteiger partial charge on any atom is -0.396 e. The third-order valence-corrected chi connectivity index (χ3v) is 3.26. The second-order valence-electron chi connectivity index (χ2n) is 3.72. The lowest BCUT2D eigenvalue weighted by Crippen LogP contribution is -2.27. The maximum absolute atomic E-state index is 11.6. The van der Waals surface area contributed by atoms with Crippen LogP contribution in [-0.4, -0.2) is 29.1 Å². The molecule has 6 nitrogen and oxygen atoms in total. The molecule has 7 heteroatoms. The first-order chi connectivity index (χ1) is 8.04. The number of hydrogen-bond donors (Lipinski definition) is 2. The lowest BCUT2D eigenvalue weighted by molar-refractivity contribution is -0.380. The predicted octanol–water partition coefficient (Wildman–Crippen LogP) is 1.40. The predicted molar refractivity (Wildman–Crippen MR) is 64.2 cm³/mol. The van der Waals surface area contributed by atoms with Gasteiger partial charge in [-0.1, -0.05) is 18.3 Å². The summed E-state index contributed by atoms with van der Waals surface area (Å²) >= 11 is 0.854. The Morgan fingerprint density at radius 1 is 1.65 bits per heavy atom. The molecule has 1 unspecified atom stereocenters. The van der Waals surface area contributed by atoms with E-state index in [1.165, 1.54) is 12.1 Å². The molecule has 1 heterocycles. The highest BCUT2D eigenvalue weighted by atomic mass is 32.1. The van der Waals surface area contributed by atoms with Gasteiger partial charge in [-0.15, -0.1) is 0 Å². The Morgan fingerprint density at radius 3 is 2.88 bits per heavy atom. The van der Waals surface area contributed by atoms with Crippen LogP contribution in [0, 0.1) is 16.0 Å². The number of aliphatic hydroxyl groups excluding tert-OH is 1. The first-order valence-corrected chi connectivity index (χ1v) is 5.99. The van der Waals surface area contributed by atoms with Crippen LogP contribution in [0.15, 0.2) is 12.1 Å². The van der Waals surface area contributed by atoms with Crippen molar-refractivity contribution in [2.45, 2.75) is 13.3 Å². The van der Waals surface area contributed by atoms with Gasteiger partial charge in [0.25, 0.3) is 5.91 Å². The SMILES string of the molecule is CC(CCO)CNC(=O)c1ccc([N+](=O)[O-])s1. The lowest BCUT2D eigenvalue weighted by Gasteiger charge is -2.09. The third-order valence-electron chi connectivity index (χ3n) is 2.23. The number of rotatable bonds is 6. The van der Waals surface area contributed by atoms with Gasteiger partial charge in [0, 0.05) is 19.2 Å². The maximum atomic E-state index is 11.6. The average molecular weight is 258 g/mol. The summed E-state index contributed by atoms with van der Waals surface area (Å²) < 4.78 is 0. The third kappa shape index (κ3) is 4.12. The standard InChI is InChI=1S/C10H14N2O4S/c1-7(4-5-13)6-11-10(14)8-2-3-9(17-8)12(15)16/h2-3,7,13H,4-6H2,1H3,(H,11,14). The molecule has 1 aromatic heterocycles. The maximum Gasteiger partial charge on any atom is 0.324 e. The van der Waals surface area contributed by atoms with E-state index in [0.717, 1.165) is 11.3 Å². The number of thiophene rings is 1. The van der Waals surface area contributed by atoms with Gasteiger partial charge in [-0.2, -0.15) is 0 Å². The molecule has 0 aliphatic carbocycles. The normalized spacial score (nSPS) is 12.1. The van der Waals surface area contributed by atoms with E-state index >= 15 is 0 Å². The molecule has 2 N–H and O–H groups in total. The Kier molecular flexibility index (Phi) is 5.05. The van der Waals surface area contributed by atoms with E-state index in [1.54, 1.807) is 0 Å². The van der Waals surface area contributed by atoms with Crippen molar-refractivity contribution >= 4 is 22.2 Å². The van der Waals surface area contributed by atoms with Crippen LogP contribution < -0.4 is 5.32 Å². The summed E-state index contributed by atoms with van der Waals surface area (Å²) in [5, 5.41) is 21.8. The molecule has 0 aliphatic heterocycles. The molecular weight excluding hydrogens is 244 g/mol. The molecule has 94 valence electrons. The molecule has 0 aromatic carbocycles. The van der Waals surface area contributed by atoms with Crippen molar-refractivity contribution in [2.24, 2.45) is 5.92 Å². The number of carbonyl (C=O) groups is 1. The number of nitro groups is 1. The van der Waals surface area contributed by atoms with E-state index in [0.29, 0.717) is 17.8 Å². The van der Waals surface area contributed by atoms with E-state index in [1.807, 2.05) is 6.92 Å². The highest BCUT2D eigenvalue weighted by molar-refractivity contribution is 7.17. The zero-order valence-corrected chi connectivity index (χ0v) is 10.2. The zero-order valence-electron chi connectivity index (χ0n) is 9.38. The lowest BCUT2D eigenvalue weighted by atomic mass is 10.1. The van der Waals surface area contributed by atoms with Crippen molar-refractivity contribution in [3.05, 3.63) is 27.1 Å². The molecule has 17 heavy (non-hydrogen) atoms. The van der Waals surface area contributed by atoms with E-state index in [-0.39, 0.29) is 23.4 Å². The van der Waals surface area contributed by atoms with Gasteiger partial charge >= 0.3 is 5.00 Å². The van der Waals surface area contributed by atoms with Gasteiger partial charge in [0.05, 0.1) is 9.80 Å². The van der Waals surface area contributed by atoms with Crippen LogP contribution in [0.1, 0.15) is 23.0 Å². The minimum atomic E-state index is -0.518. The molecule has 1 amide bonds. The molecule has 0 fully saturated rings. The highest BCUT2D eigenvalue weighted by Gasteiger charge is 2.15. The van der Waals surface area contributed by atoms with Gasteiger partial charge in [-0.25, -0.2) is 0 Å². The van der Waals surface area contributed by atoms with E-state index in [4.69, 9.17) is 5.11 Å². The Hall–Kier alpha value is -1.47. The fourth-order valence-electron chi connectivity index (χ4n) is 1.22. The van der Waals surface area contributed by atoms with Gasteiger partial charge in [-0.3, -0.25) is 14.9 Å². The molecule has 0 bridgehead atoms. The van der Waals surface area contributed by atoms with E-state index in [2.05, 4.69) is 5.32 Å². The number of hydrogen-bond acceptors (Lipinski definition) is 5. The smallest absolute Gasteiger partial charge is 0.324 e. The van der Waals surface area contributed by atoms with Crippen molar-refractivity contribution in [1.29, 1.82) is 0 Å². The second-order valence-corrected chi connectivity index (χ2v) is 4.78. The van der Waals surface area contributed by atoms with Crippen molar-refractivity contribution < 1.29 is 14.8 Å². The van der Waals surface area contributed by atoms with Gasteiger partial charge < -0.3 is 10.4 Å². The Bertz CT molecular complexity index is 405. The molecule has 1 rings (SSSR count). The summed E-state index contributed by atoms with van der Waals surface area (Å²) in [6, 6.07) is 2.76. The summed E-state index contributed by atoms with van der Waals surface area (Å²) in [4.78, 5) is 21.9. The number of nitrogens with zero attached hydrogens (tertiary/aromatic N) is 1. The van der Waals surface area contributed by atoms with Gasteiger partial charge in [0.15, 0.2) is 0 Å². The number of carbonyl (C=O) groups excluding carboxylic acids is 1. The Labute approximate surface area is 102 Å². The van der Waals surface area contributed by atoms with Crippen LogP contribution in [-0.2, 0) is 0 Å². The largest absolute Gasteiger partial charge is 0.396 e. The van der Waals surface area contributed by atoms with Crippen molar-refractivity contribution in [1.82, 2.24) is 5.32 Å². The van der Waals surface area contributed by atoms with Gasteiger partial charge in [0.2, 0.25) is 0 Å². The molecule has 1 aromatic rings. The van der Waals surface area contributed by atoms with Crippen LogP contribution in [0.2, 0.25) is 0 Å². The molecule has 0 radical (unpaired) electrons. The van der Waals surface area contributed by atoms with Crippen LogP contribution in [0.3, 0.4) is 0 Å². The van der Waals surface area contributed by atoms with Crippen molar-refractivity contribution in [2.75, 3.05) is 13.2 Å². The molecule has 0 saturated carbocycles. The quantitative estimate of drug-likeness (QED) is 0.596. The minimum absolute atomic E-state index is 0.0430. The average Bonchev–Trinajstić information content (AvgIpc) is 2.75. The Balaban J connectivity index is 2.49. The summed E-state index contributed by atoms with van der Waals surface area (Å²) in [6.07, 6.45) is 0.616. The first-order valence-electron chi connectivity index (χ1n) is 5.18. The van der Waals surface area contributed by atoms with Crippen LogP contribution in [0.25, 0.3) is 0 Å². The van der Waals surface area contributed by atoms with Crippen LogP contribution >= 0.6 is 11.3 Å². The van der Waals surface area contributed by atoms with Gasteiger partial charge in [0.1, 0.15) is 0 Å². The number of nitrogens with one attached hydrogen (secondary N) is 1. The monoisotopic (exact) mass is 258 g/mol. The summed E-state index contributed by atoms with van der Waals surface area (Å²) in [6.45, 7) is 2.44. The number of aliphatic hydroxyl groups is 1. The molecule has 0 aliphatic rings. The number of amides is 1. The van der Waals surface area contributed by atoms with Crippen LogP contribution in [0.4, 0.5) is 5.00 Å². The van der Waals surface area contributed by atoms with E-state index in [9.17, 15) is 14.9 Å². The molecule has 1 atom stereocenters. The van der Waals surface area contributed by atoms with Crippen molar-refractivity contribution in [3.8, 4) is 0 Å². The summed E-state index contributed by atoms with van der Waals surface area (Å²) in [7, 11) is 0. The summed E-state index contributed by atoms with van der Waals surface area (Å²) in [5.74, 6) is -0.133. The fourth-order valence-corrected chi connectivity index (χ4v) is 1.96. The molecular formula is C10H14N2O4S. The second kappa shape index (κ2) is 6.31. The van der Waals surface area contributed by atoms with Crippen LogP contribution in [0.5, 0.6) is 0 Å². The summed E-state index contributed by atoms with van der Waals surface area (Å²) in [5.41, 5.74) is 0.